The Morgan fingerprint density at radius 1 is 1.00 bits per heavy atom. The highest BCUT2D eigenvalue weighted by molar-refractivity contribution is 6.33. The number of benzene rings is 2. The number of ether oxygens (including phenoxy) is 2. The van der Waals surface area contributed by atoms with E-state index in [1.54, 1.807) is 14.2 Å². The average molecular weight is 312 g/mol. The highest BCUT2D eigenvalue weighted by Gasteiger charge is 2.11. The molecule has 2 aromatic carbocycles. The molecule has 0 heterocycles. The summed E-state index contributed by atoms with van der Waals surface area (Å²) in [5, 5.41) is 4.45. The second-order valence-electron chi connectivity index (χ2n) is 4.15. The van der Waals surface area contributed by atoms with Crippen molar-refractivity contribution in [2.75, 3.05) is 19.5 Å². The van der Waals surface area contributed by atoms with Gasteiger partial charge in [0.2, 0.25) is 0 Å². The summed E-state index contributed by atoms with van der Waals surface area (Å²) < 4.78 is 10.5. The molecule has 0 aliphatic heterocycles. The second kappa shape index (κ2) is 6.73. The normalized spacial score (nSPS) is 10.2. The van der Waals surface area contributed by atoms with Crippen molar-refractivity contribution in [1.82, 2.24) is 0 Å². The van der Waals surface area contributed by atoms with Crippen molar-refractivity contribution < 1.29 is 9.47 Å². The lowest BCUT2D eigenvalue weighted by Gasteiger charge is -2.13. The van der Waals surface area contributed by atoms with Gasteiger partial charge < -0.3 is 14.8 Å². The van der Waals surface area contributed by atoms with Gasteiger partial charge in [-0.3, -0.25) is 0 Å². The van der Waals surface area contributed by atoms with Crippen LogP contribution in [0.15, 0.2) is 36.4 Å². The maximum absolute atomic E-state index is 6.17. The summed E-state index contributed by atoms with van der Waals surface area (Å²) in [5.41, 5.74) is 1.85. The molecule has 0 unspecified atom stereocenters. The molecule has 1 N–H and O–H groups in total. The molecule has 2 aromatic rings. The van der Waals surface area contributed by atoms with Gasteiger partial charge in [0.15, 0.2) is 11.5 Å². The van der Waals surface area contributed by atoms with Crippen LogP contribution in [0, 0.1) is 0 Å². The Kier molecular flexibility index (Phi) is 4.99. The molecule has 0 radical (unpaired) electrons. The largest absolute Gasteiger partial charge is 0.493 e. The number of hydrogen-bond acceptors (Lipinski definition) is 3. The lowest BCUT2D eigenvalue weighted by Crippen LogP contribution is -2.01. The molecule has 0 saturated carbocycles. The first-order valence-electron chi connectivity index (χ1n) is 6.04. The standard InChI is InChI=1S/C15H15Cl2NO2/c1-19-14-8-10(7-12(17)15(14)20-2)9-18-13-6-4-3-5-11(13)16/h3-8,18H,9H2,1-2H3. The molecule has 0 amide bonds. The molecule has 0 atom stereocenters. The quantitative estimate of drug-likeness (QED) is 0.873. The van der Waals surface area contributed by atoms with Crippen molar-refractivity contribution in [2.45, 2.75) is 6.54 Å². The molecule has 0 saturated heterocycles. The number of para-hydroxylation sites is 1. The van der Waals surface area contributed by atoms with Gasteiger partial charge in [-0.15, -0.1) is 0 Å². The third kappa shape index (κ3) is 3.30. The first-order valence-corrected chi connectivity index (χ1v) is 6.80. The molecule has 106 valence electrons. The number of methoxy groups -OCH3 is 2. The molecule has 5 heteroatoms. The molecular formula is C15H15Cl2NO2. The first-order chi connectivity index (χ1) is 9.65. The highest BCUT2D eigenvalue weighted by Crippen LogP contribution is 2.36. The zero-order valence-corrected chi connectivity index (χ0v) is 12.8. The number of hydrogen-bond donors (Lipinski definition) is 1. The molecule has 20 heavy (non-hydrogen) atoms. The Morgan fingerprint density at radius 2 is 1.75 bits per heavy atom. The van der Waals surface area contributed by atoms with Crippen LogP contribution in [0.3, 0.4) is 0 Å². The van der Waals surface area contributed by atoms with Crippen molar-refractivity contribution in [3.05, 3.63) is 52.0 Å². The summed E-state index contributed by atoms with van der Waals surface area (Å²) >= 11 is 12.3. The van der Waals surface area contributed by atoms with E-state index in [1.165, 1.54) is 0 Å². The van der Waals surface area contributed by atoms with E-state index in [0.717, 1.165) is 11.3 Å². The van der Waals surface area contributed by atoms with Crippen molar-refractivity contribution in [3.63, 3.8) is 0 Å². The molecule has 2 rings (SSSR count). The molecular weight excluding hydrogens is 297 g/mol. The number of halogens is 2. The van der Waals surface area contributed by atoms with Crippen LogP contribution in [-0.4, -0.2) is 14.2 Å². The Bertz CT molecular complexity index is 602. The van der Waals surface area contributed by atoms with E-state index in [2.05, 4.69) is 5.32 Å². The predicted octanol–water partition coefficient (Wildman–Crippen LogP) is 4.62. The van der Waals surface area contributed by atoms with E-state index < -0.39 is 0 Å². The van der Waals surface area contributed by atoms with Gasteiger partial charge in [-0.25, -0.2) is 0 Å². The Balaban J connectivity index is 2.18. The Hall–Kier alpha value is -1.58. The minimum Gasteiger partial charge on any atom is -0.493 e. The van der Waals surface area contributed by atoms with E-state index in [9.17, 15) is 0 Å². The molecule has 0 fully saturated rings. The highest BCUT2D eigenvalue weighted by atomic mass is 35.5. The third-order valence-electron chi connectivity index (χ3n) is 2.85. The number of rotatable bonds is 5. The van der Waals surface area contributed by atoms with Crippen LogP contribution in [0.25, 0.3) is 0 Å². The van der Waals surface area contributed by atoms with Gasteiger partial charge in [0.25, 0.3) is 0 Å². The van der Waals surface area contributed by atoms with E-state index in [1.807, 2.05) is 36.4 Å². The van der Waals surface area contributed by atoms with Crippen molar-refractivity contribution in [1.29, 1.82) is 0 Å². The van der Waals surface area contributed by atoms with Gasteiger partial charge in [0.05, 0.1) is 30.0 Å². The molecule has 0 aliphatic rings. The molecule has 0 aromatic heterocycles. The molecule has 3 nitrogen and oxygen atoms in total. The monoisotopic (exact) mass is 311 g/mol. The topological polar surface area (TPSA) is 30.5 Å². The fourth-order valence-corrected chi connectivity index (χ4v) is 2.39. The van der Waals surface area contributed by atoms with Crippen LogP contribution in [0.4, 0.5) is 5.69 Å². The second-order valence-corrected chi connectivity index (χ2v) is 4.96. The number of anilines is 1. The van der Waals surface area contributed by atoms with Gasteiger partial charge in [-0.05, 0) is 29.8 Å². The average Bonchev–Trinajstić information content (AvgIpc) is 2.45. The Labute approximate surface area is 128 Å². The first kappa shape index (κ1) is 14.8. The molecule has 0 bridgehead atoms. The van der Waals surface area contributed by atoms with Crippen LogP contribution in [0.5, 0.6) is 11.5 Å². The van der Waals surface area contributed by atoms with Crippen molar-refractivity contribution in [2.24, 2.45) is 0 Å². The van der Waals surface area contributed by atoms with Crippen LogP contribution in [-0.2, 0) is 6.54 Å². The summed E-state index contributed by atoms with van der Waals surface area (Å²) in [6, 6.07) is 11.3. The van der Waals surface area contributed by atoms with Crippen LogP contribution >= 0.6 is 23.2 Å². The van der Waals surface area contributed by atoms with Gasteiger partial charge in [-0.2, -0.15) is 0 Å². The fraction of sp³-hybridized carbons (Fsp3) is 0.200. The third-order valence-corrected chi connectivity index (χ3v) is 3.46. The van der Waals surface area contributed by atoms with Crippen molar-refractivity contribution >= 4 is 28.9 Å². The summed E-state index contributed by atoms with van der Waals surface area (Å²) in [4.78, 5) is 0. The smallest absolute Gasteiger partial charge is 0.179 e. The lowest BCUT2D eigenvalue weighted by molar-refractivity contribution is 0.355. The predicted molar refractivity (Wildman–Crippen MR) is 83.3 cm³/mol. The molecule has 0 aliphatic carbocycles. The lowest BCUT2D eigenvalue weighted by atomic mass is 10.2. The van der Waals surface area contributed by atoms with Crippen molar-refractivity contribution in [3.8, 4) is 11.5 Å². The zero-order chi connectivity index (χ0) is 14.5. The summed E-state index contributed by atoms with van der Waals surface area (Å²) in [5.74, 6) is 1.15. The van der Waals surface area contributed by atoms with Gasteiger partial charge >= 0.3 is 0 Å². The van der Waals surface area contributed by atoms with E-state index >= 15 is 0 Å². The maximum Gasteiger partial charge on any atom is 0.179 e. The van der Waals surface area contributed by atoms with E-state index in [0.29, 0.717) is 28.1 Å². The maximum atomic E-state index is 6.17. The van der Waals surface area contributed by atoms with E-state index in [4.69, 9.17) is 32.7 Å². The van der Waals surface area contributed by atoms with Gasteiger partial charge in [0, 0.05) is 6.54 Å². The minimum absolute atomic E-state index is 0.516. The van der Waals surface area contributed by atoms with Crippen LogP contribution in [0.2, 0.25) is 10.0 Å². The summed E-state index contributed by atoms with van der Waals surface area (Å²) in [6.45, 7) is 0.587. The SMILES string of the molecule is COc1cc(CNc2ccccc2Cl)cc(Cl)c1OC. The summed E-state index contributed by atoms with van der Waals surface area (Å²) in [7, 11) is 3.14. The molecule has 0 spiro atoms. The Morgan fingerprint density at radius 3 is 2.40 bits per heavy atom. The fourth-order valence-electron chi connectivity index (χ4n) is 1.88. The minimum atomic E-state index is 0.516. The summed E-state index contributed by atoms with van der Waals surface area (Å²) in [6.07, 6.45) is 0. The number of nitrogens with one attached hydrogen (secondary N) is 1. The zero-order valence-electron chi connectivity index (χ0n) is 11.2. The van der Waals surface area contributed by atoms with Gasteiger partial charge in [-0.1, -0.05) is 35.3 Å². The van der Waals surface area contributed by atoms with Gasteiger partial charge in [0.1, 0.15) is 0 Å². The van der Waals surface area contributed by atoms with Crippen LogP contribution < -0.4 is 14.8 Å². The van der Waals surface area contributed by atoms with E-state index in [-0.39, 0.29) is 0 Å². The van der Waals surface area contributed by atoms with Crippen LogP contribution in [0.1, 0.15) is 5.56 Å².